The van der Waals surface area contributed by atoms with Gasteiger partial charge in [-0.15, -0.1) is 12.4 Å². The lowest BCUT2D eigenvalue weighted by Gasteiger charge is -2.39. The van der Waals surface area contributed by atoms with Crippen molar-refractivity contribution >= 4 is 34.9 Å². The number of fused-ring (bicyclic) bond motifs is 4. The number of pyridine rings is 1. The zero-order valence-electron chi connectivity index (χ0n) is 15.6. The van der Waals surface area contributed by atoms with E-state index in [9.17, 15) is 15.5 Å². The SMILES string of the molecule is Cl.N#Cc1c2c(c(N3CCC(O)(CO)CC3)n3c1nc1ccccc13)CCC2. The zero-order valence-corrected chi connectivity index (χ0v) is 16.4. The van der Waals surface area contributed by atoms with Gasteiger partial charge >= 0.3 is 0 Å². The van der Waals surface area contributed by atoms with Gasteiger partial charge in [-0.05, 0) is 55.4 Å². The van der Waals surface area contributed by atoms with Gasteiger partial charge in [0.05, 0.1) is 28.8 Å². The Bertz CT molecular complexity index is 1090. The lowest BCUT2D eigenvalue weighted by Crippen LogP contribution is -2.47. The highest BCUT2D eigenvalue weighted by Gasteiger charge is 2.35. The van der Waals surface area contributed by atoms with Gasteiger partial charge in [-0.25, -0.2) is 4.98 Å². The van der Waals surface area contributed by atoms with Crippen molar-refractivity contribution in [1.82, 2.24) is 9.38 Å². The van der Waals surface area contributed by atoms with Gasteiger partial charge in [0.25, 0.3) is 0 Å². The van der Waals surface area contributed by atoms with E-state index in [0.717, 1.165) is 47.3 Å². The number of aromatic nitrogens is 2. The third-order valence-corrected chi connectivity index (χ3v) is 6.19. The summed E-state index contributed by atoms with van der Waals surface area (Å²) in [6, 6.07) is 10.4. The number of imidazole rings is 1. The Balaban J connectivity index is 0.00000192. The Morgan fingerprint density at radius 1 is 1.14 bits per heavy atom. The summed E-state index contributed by atoms with van der Waals surface area (Å²) in [4.78, 5) is 7.09. The summed E-state index contributed by atoms with van der Waals surface area (Å²) in [7, 11) is 0. The highest BCUT2D eigenvalue weighted by Crippen LogP contribution is 2.39. The zero-order chi connectivity index (χ0) is 18.6. The number of para-hydroxylation sites is 2. The van der Waals surface area contributed by atoms with Gasteiger partial charge in [0.1, 0.15) is 11.9 Å². The molecule has 2 aromatic heterocycles. The van der Waals surface area contributed by atoms with E-state index < -0.39 is 5.60 Å². The van der Waals surface area contributed by atoms with E-state index in [4.69, 9.17) is 4.98 Å². The van der Waals surface area contributed by atoms with Crippen molar-refractivity contribution in [2.75, 3.05) is 24.6 Å². The Kier molecular flexibility index (Phi) is 4.70. The number of nitriles is 1. The fourth-order valence-corrected chi connectivity index (χ4v) is 4.69. The molecule has 5 rings (SSSR count). The molecule has 3 heterocycles. The van der Waals surface area contributed by atoms with E-state index in [1.165, 1.54) is 5.56 Å². The lowest BCUT2D eigenvalue weighted by molar-refractivity contribution is -0.0326. The molecule has 146 valence electrons. The molecule has 0 spiro atoms. The maximum atomic E-state index is 10.4. The number of halogens is 1. The first-order valence-corrected chi connectivity index (χ1v) is 9.58. The molecule has 0 radical (unpaired) electrons. The Morgan fingerprint density at radius 3 is 2.57 bits per heavy atom. The third-order valence-electron chi connectivity index (χ3n) is 6.19. The predicted molar refractivity (Wildman–Crippen MR) is 110 cm³/mol. The van der Waals surface area contributed by atoms with Gasteiger partial charge in [0.15, 0.2) is 5.65 Å². The fourth-order valence-electron chi connectivity index (χ4n) is 4.69. The predicted octanol–water partition coefficient (Wildman–Crippen LogP) is 2.59. The van der Waals surface area contributed by atoms with E-state index in [-0.39, 0.29) is 19.0 Å². The van der Waals surface area contributed by atoms with Crippen LogP contribution in [0.3, 0.4) is 0 Å². The number of anilines is 1. The molecule has 1 aromatic carbocycles. The summed E-state index contributed by atoms with van der Waals surface area (Å²) in [6.07, 6.45) is 4.00. The van der Waals surface area contributed by atoms with E-state index >= 15 is 0 Å². The average molecular weight is 399 g/mol. The summed E-state index contributed by atoms with van der Waals surface area (Å²) in [6.45, 7) is 1.16. The van der Waals surface area contributed by atoms with Crippen molar-refractivity contribution in [1.29, 1.82) is 5.26 Å². The van der Waals surface area contributed by atoms with Crippen molar-refractivity contribution in [2.45, 2.75) is 37.7 Å². The second kappa shape index (κ2) is 6.93. The van der Waals surface area contributed by atoms with Crippen LogP contribution in [0.4, 0.5) is 5.82 Å². The molecule has 28 heavy (non-hydrogen) atoms. The Hall–Kier alpha value is -2.33. The molecular weight excluding hydrogens is 376 g/mol. The number of hydrogen-bond donors (Lipinski definition) is 2. The summed E-state index contributed by atoms with van der Waals surface area (Å²) in [5, 5.41) is 29.8. The van der Waals surface area contributed by atoms with Crippen LogP contribution in [0.5, 0.6) is 0 Å². The van der Waals surface area contributed by atoms with Crippen molar-refractivity contribution in [3.63, 3.8) is 0 Å². The fraction of sp³-hybridized carbons (Fsp3) is 0.429. The van der Waals surface area contributed by atoms with Crippen LogP contribution in [0, 0.1) is 11.3 Å². The molecule has 1 aliphatic heterocycles. The number of rotatable bonds is 2. The Labute approximate surface area is 169 Å². The van der Waals surface area contributed by atoms with Crippen LogP contribution in [-0.4, -0.2) is 44.9 Å². The van der Waals surface area contributed by atoms with Crippen molar-refractivity contribution < 1.29 is 10.2 Å². The minimum atomic E-state index is -0.984. The first-order valence-electron chi connectivity index (χ1n) is 9.58. The summed E-state index contributed by atoms with van der Waals surface area (Å²) >= 11 is 0. The molecule has 2 aliphatic rings. The lowest BCUT2D eigenvalue weighted by atomic mass is 9.92. The smallest absolute Gasteiger partial charge is 0.157 e. The minimum absolute atomic E-state index is 0. The minimum Gasteiger partial charge on any atom is -0.393 e. The molecule has 0 amide bonds. The van der Waals surface area contributed by atoms with Gasteiger partial charge in [0, 0.05) is 13.1 Å². The van der Waals surface area contributed by atoms with E-state index in [1.807, 2.05) is 18.2 Å². The van der Waals surface area contributed by atoms with E-state index in [2.05, 4.69) is 21.4 Å². The molecular formula is C21H23ClN4O2. The Morgan fingerprint density at radius 2 is 1.86 bits per heavy atom. The van der Waals surface area contributed by atoms with Crippen LogP contribution >= 0.6 is 12.4 Å². The largest absolute Gasteiger partial charge is 0.393 e. The van der Waals surface area contributed by atoms with Crippen molar-refractivity contribution in [3.05, 3.63) is 41.0 Å². The first-order chi connectivity index (χ1) is 13.1. The molecule has 0 saturated carbocycles. The average Bonchev–Trinajstić information content (AvgIpc) is 3.32. The van der Waals surface area contributed by atoms with Crippen LogP contribution in [0.2, 0.25) is 0 Å². The number of hydrogen-bond acceptors (Lipinski definition) is 5. The third kappa shape index (κ3) is 2.66. The quantitative estimate of drug-likeness (QED) is 0.693. The molecule has 6 nitrogen and oxygen atoms in total. The van der Waals surface area contributed by atoms with Gasteiger partial charge in [-0.3, -0.25) is 4.40 Å². The molecule has 0 unspecified atom stereocenters. The van der Waals surface area contributed by atoms with Crippen LogP contribution in [0.25, 0.3) is 16.7 Å². The van der Waals surface area contributed by atoms with Crippen LogP contribution in [-0.2, 0) is 12.8 Å². The van der Waals surface area contributed by atoms with Crippen LogP contribution in [0.15, 0.2) is 24.3 Å². The highest BCUT2D eigenvalue weighted by atomic mass is 35.5. The standard InChI is InChI=1S/C21H22N4O2.ClH/c22-12-16-14-4-3-5-15(14)20(24-10-8-21(27,13-26)9-11-24)25-18-7-2-1-6-17(18)23-19(16)25;/h1-2,6-7,26-27H,3-5,8-11,13H2;1H. The number of benzene rings is 1. The molecule has 1 saturated heterocycles. The molecule has 0 bridgehead atoms. The normalized spacial score (nSPS) is 18.1. The number of piperidine rings is 1. The second-order valence-corrected chi connectivity index (χ2v) is 7.75. The maximum absolute atomic E-state index is 10.4. The molecule has 1 aliphatic carbocycles. The second-order valence-electron chi connectivity index (χ2n) is 7.75. The van der Waals surface area contributed by atoms with Crippen molar-refractivity contribution in [2.24, 2.45) is 0 Å². The van der Waals surface area contributed by atoms with E-state index in [0.29, 0.717) is 31.5 Å². The summed E-state index contributed by atoms with van der Waals surface area (Å²) in [5.74, 6) is 1.12. The highest BCUT2D eigenvalue weighted by molar-refractivity contribution is 5.86. The number of aliphatic hydroxyl groups excluding tert-OH is 1. The molecule has 1 fully saturated rings. The summed E-state index contributed by atoms with van der Waals surface area (Å²) in [5.41, 5.74) is 4.74. The van der Waals surface area contributed by atoms with Gasteiger partial charge in [0.2, 0.25) is 0 Å². The molecule has 2 N–H and O–H groups in total. The van der Waals surface area contributed by atoms with Crippen LogP contribution < -0.4 is 4.90 Å². The molecule has 7 heteroatoms. The molecule has 3 aromatic rings. The van der Waals surface area contributed by atoms with Gasteiger partial charge in [-0.2, -0.15) is 5.26 Å². The van der Waals surface area contributed by atoms with E-state index in [1.54, 1.807) is 0 Å². The van der Waals surface area contributed by atoms with Crippen molar-refractivity contribution in [3.8, 4) is 6.07 Å². The first kappa shape index (κ1) is 19.0. The summed E-state index contributed by atoms with van der Waals surface area (Å²) < 4.78 is 2.14. The number of nitrogens with zero attached hydrogens (tertiary/aromatic N) is 4. The monoisotopic (exact) mass is 398 g/mol. The maximum Gasteiger partial charge on any atom is 0.157 e. The van der Waals surface area contributed by atoms with Gasteiger partial charge in [-0.1, -0.05) is 12.1 Å². The topological polar surface area (TPSA) is 84.8 Å². The van der Waals surface area contributed by atoms with Gasteiger partial charge < -0.3 is 15.1 Å². The number of aliphatic hydroxyl groups is 2. The molecule has 0 atom stereocenters. The van der Waals surface area contributed by atoms with Crippen LogP contribution in [0.1, 0.15) is 36.0 Å².